The molecule has 0 heterocycles. The molecule has 0 aliphatic heterocycles. The standard InChI is InChI=1S/C22H29BrClNO.ClH/c1-21(2,3)15-22(4,5)25-13-17-12-18(23)8-11-20(17)26-14-16-6-9-19(24)10-7-16;/h6-12,25H,13-15H2,1-5H3;1H. The summed E-state index contributed by atoms with van der Waals surface area (Å²) in [6.45, 7) is 12.6. The van der Waals surface area contributed by atoms with Gasteiger partial charge in [0.05, 0.1) is 0 Å². The molecule has 0 radical (unpaired) electrons. The molecule has 0 aliphatic rings. The summed E-state index contributed by atoms with van der Waals surface area (Å²) in [6, 6.07) is 13.9. The van der Waals surface area contributed by atoms with Crippen molar-refractivity contribution < 1.29 is 4.74 Å². The fourth-order valence-electron chi connectivity index (χ4n) is 3.29. The Bertz CT molecular complexity index is 724. The smallest absolute Gasteiger partial charge is 0.124 e. The molecular weight excluding hydrogens is 445 g/mol. The van der Waals surface area contributed by atoms with Gasteiger partial charge in [0.15, 0.2) is 0 Å². The number of benzene rings is 2. The van der Waals surface area contributed by atoms with Gasteiger partial charge in [0, 0.05) is 27.1 Å². The van der Waals surface area contributed by atoms with E-state index in [1.807, 2.05) is 36.4 Å². The molecule has 2 nitrogen and oxygen atoms in total. The maximum Gasteiger partial charge on any atom is 0.124 e. The average molecular weight is 475 g/mol. The van der Waals surface area contributed by atoms with Gasteiger partial charge in [-0.05, 0) is 61.6 Å². The predicted octanol–water partition coefficient (Wildman–Crippen LogP) is 7.41. The lowest BCUT2D eigenvalue weighted by molar-refractivity contribution is 0.238. The van der Waals surface area contributed by atoms with E-state index in [9.17, 15) is 0 Å². The molecule has 0 aliphatic carbocycles. The molecule has 0 fully saturated rings. The molecule has 150 valence electrons. The molecule has 0 saturated carbocycles. The van der Waals surface area contributed by atoms with Gasteiger partial charge in [-0.2, -0.15) is 0 Å². The van der Waals surface area contributed by atoms with E-state index in [-0.39, 0.29) is 23.4 Å². The molecule has 0 bridgehead atoms. The van der Waals surface area contributed by atoms with Gasteiger partial charge in [0.25, 0.3) is 0 Å². The second-order valence-electron chi connectivity index (χ2n) is 8.64. The molecular formula is C22H30BrCl2NO. The van der Waals surface area contributed by atoms with Crippen molar-refractivity contribution in [2.45, 2.75) is 59.7 Å². The van der Waals surface area contributed by atoms with E-state index in [0.29, 0.717) is 6.61 Å². The molecule has 1 N–H and O–H groups in total. The first-order chi connectivity index (χ1) is 12.0. The van der Waals surface area contributed by atoms with Crippen LogP contribution in [0.4, 0.5) is 0 Å². The largest absolute Gasteiger partial charge is 0.489 e. The molecule has 0 aromatic heterocycles. The van der Waals surface area contributed by atoms with Gasteiger partial charge in [-0.1, -0.05) is 60.4 Å². The van der Waals surface area contributed by atoms with Crippen molar-refractivity contribution in [3.63, 3.8) is 0 Å². The van der Waals surface area contributed by atoms with Crippen LogP contribution in [0.5, 0.6) is 5.75 Å². The Morgan fingerprint density at radius 3 is 2.22 bits per heavy atom. The molecule has 0 saturated heterocycles. The average Bonchev–Trinajstić information content (AvgIpc) is 2.51. The van der Waals surface area contributed by atoms with Crippen molar-refractivity contribution in [1.29, 1.82) is 0 Å². The molecule has 5 heteroatoms. The Morgan fingerprint density at radius 2 is 1.63 bits per heavy atom. The van der Waals surface area contributed by atoms with Crippen LogP contribution >= 0.6 is 39.9 Å². The van der Waals surface area contributed by atoms with Gasteiger partial charge < -0.3 is 10.1 Å². The highest BCUT2D eigenvalue weighted by atomic mass is 79.9. The minimum Gasteiger partial charge on any atom is -0.489 e. The van der Waals surface area contributed by atoms with Crippen molar-refractivity contribution in [3.8, 4) is 5.75 Å². The van der Waals surface area contributed by atoms with E-state index in [4.69, 9.17) is 16.3 Å². The van der Waals surface area contributed by atoms with Crippen molar-refractivity contribution in [1.82, 2.24) is 5.32 Å². The summed E-state index contributed by atoms with van der Waals surface area (Å²) < 4.78 is 7.14. The maximum atomic E-state index is 6.08. The van der Waals surface area contributed by atoms with E-state index >= 15 is 0 Å². The number of hydrogen-bond donors (Lipinski definition) is 1. The Balaban J connectivity index is 0.00000364. The highest BCUT2D eigenvalue weighted by Gasteiger charge is 2.25. The lowest BCUT2D eigenvalue weighted by Gasteiger charge is -2.33. The fraction of sp³-hybridized carbons (Fsp3) is 0.455. The topological polar surface area (TPSA) is 21.3 Å². The molecule has 2 aromatic rings. The third-order valence-corrected chi connectivity index (χ3v) is 4.81. The number of ether oxygens (including phenoxy) is 1. The lowest BCUT2D eigenvalue weighted by Crippen LogP contribution is -2.41. The van der Waals surface area contributed by atoms with Crippen LogP contribution < -0.4 is 10.1 Å². The normalized spacial score (nSPS) is 11.8. The molecule has 2 aromatic carbocycles. The zero-order valence-corrected chi connectivity index (χ0v) is 19.9. The summed E-state index contributed by atoms with van der Waals surface area (Å²) in [7, 11) is 0. The summed E-state index contributed by atoms with van der Waals surface area (Å²) in [4.78, 5) is 0. The van der Waals surface area contributed by atoms with Gasteiger partial charge in [0.2, 0.25) is 0 Å². The van der Waals surface area contributed by atoms with Crippen LogP contribution in [0.15, 0.2) is 46.9 Å². The van der Waals surface area contributed by atoms with Gasteiger partial charge >= 0.3 is 0 Å². The van der Waals surface area contributed by atoms with Crippen LogP contribution in [0.25, 0.3) is 0 Å². The molecule has 0 amide bonds. The lowest BCUT2D eigenvalue weighted by atomic mass is 9.82. The van der Waals surface area contributed by atoms with Gasteiger partial charge in [-0.15, -0.1) is 12.4 Å². The summed E-state index contributed by atoms with van der Waals surface area (Å²) in [6.07, 6.45) is 1.09. The minimum absolute atomic E-state index is 0. The van der Waals surface area contributed by atoms with Crippen molar-refractivity contribution >= 4 is 39.9 Å². The van der Waals surface area contributed by atoms with E-state index in [1.165, 1.54) is 0 Å². The first kappa shape index (κ1) is 24.3. The zero-order valence-electron chi connectivity index (χ0n) is 16.7. The van der Waals surface area contributed by atoms with Gasteiger partial charge in [0.1, 0.15) is 12.4 Å². The highest BCUT2D eigenvalue weighted by Crippen LogP contribution is 2.29. The van der Waals surface area contributed by atoms with Crippen LogP contribution in [0, 0.1) is 5.41 Å². The Labute approximate surface area is 183 Å². The number of halogens is 3. The van der Waals surface area contributed by atoms with Crippen LogP contribution in [0.2, 0.25) is 5.02 Å². The van der Waals surface area contributed by atoms with Crippen LogP contribution in [-0.4, -0.2) is 5.54 Å². The summed E-state index contributed by atoms with van der Waals surface area (Å²) in [5, 5.41) is 4.43. The molecule has 0 unspecified atom stereocenters. The SMILES string of the molecule is CC(C)(C)CC(C)(C)NCc1cc(Br)ccc1OCc1ccc(Cl)cc1.Cl. The van der Waals surface area contributed by atoms with Gasteiger partial charge in [-0.25, -0.2) is 0 Å². The van der Waals surface area contributed by atoms with E-state index < -0.39 is 0 Å². The van der Waals surface area contributed by atoms with E-state index in [2.05, 4.69) is 61.9 Å². The van der Waals surface area contributed by atoms with Crippen LogP contribution in [0.1, 0.15) is 52.2 Å². The van der Waals surface area contributed by atoms with Crippen molar-refractivity contribution in [2.75, 3.05) is 0 Å². The Morgan fingerprint density at radius 1 is 1.00 bits per heavy atom. The summed E-state index contributed by atoms with van der Waals surface area (Å²) in [5.41, 5.74) is 2.58. The van der Waals surface area contributed by atoms with Crippen molar-refractivity contribution in [2.24, 2.45) is 5.41 Å². The van der Waals surface area contributed by atoms with Gasteiger partial charge in [-0.3, -0.25) is 0 Å². The first-order valence-electron chi connectivity index (χ1n) is 8.95. The fourth-order valence-corrected chi connectivity index (χ4v) is 3.83. The second kappa shape index (κ2) is 10.2. The third-order valence-electron chi connectivity index (χ3n) is 4.06. The Hall–Kier alpha value is -0.740. The van der Waals surface area contributed by atoms with Crippen molar-refractivity contribution in [3.05, 3.63) is 63.1 Å². The van der Waals surface area contributed by atoms with Crippen LogP contribution in [0.3, 0.4) is 0 Å². The predicted molar refractivity (Wildman–Crippen MR) is 122 cm³/mol. The molecule has 0 spiro atoms. The van der Waals surface area contributed by atoms with E-state index in [0.717, 1.165) is 39.3 Å². The quantitative estimate of drug-likeness (QED) is 0.451. The first-order valence-corrected chi connectivity index (χ1v) is 10.1. The minimum atomic E-state index is 0. The van der Waals surface area contributed by atoms with E-state index in [1.54, 1.807) is 0 Å². The summed E-state index contributed by atoms with van der Waals surface area (Å²) >= 11 is 9.52. The maximum absolute atomic E-state index is 6.08. The van der Waals surface area contributed by atoms with Crippen LogP contribution in [-0.2, 0) is 13.2 Å². The summed E-state index contributed by atoms with van der Waals surface area (Å²) in [5.74, 6) is 0.905. The monoisotopic (exact) mass is 473 g/mol. The third kappa shape index (κ3) is 8.87. The second-order valence-corrected chi connectivity index (χ2v) is 9.99. The molecule has 0 atom stereocenters. The number of rotatable bonds is 7. The zero-order chi connectivity index (χ0) is 19.4. The number of nitrogens with one attached hydrogen (secondary N) is 1. The Kier molecular flexibility index (Phi) is 9.14. The number of hydrogen-bond acceptors (Lipinski definition) is 2. The molecule has 27 heavy (non-hydrogen) atoms. The highest BCUT2D eigenvalue weighted by molar-refractivity contribution is 9.10. The molecule has 2 rings (SSSR count).